The largest absolute Gasteiger partial charge is 0.350 e. The Morgan fingerprint density at radius 1 is 1.59 bits per heavy atom. The van der Waals surface area contributed by atoms with Gasteiger partial charge in [0.1, 0.15) is 5.69 Å². The second-order valence-electron chi connectivity index (χ2n) is 3.84. The lowest BCUT2D eigenvalue weighted by atomic mass is 10.2. The van der Waals surface area contributed by atoms with Crippen molar-refractivity contribution in [2.75, 3.05) is 6.54 Å². The van der Waals surface area contributed by atoms with E-state index in [1.807, 2.05) is 0 Å². The molecule has 0 saturated heterocycles. The van der Waals surface area contributed by atoms with Crippen LogP contribution in [0.2, 0.25) is 0 Å². The standard InChI is InChI=1S/C10H11N6O/c11-10(17)16-4-2-7(15-16)9-13-6-1-3-12-5-8(6)14-9/h4,12H,1,3,5H2,(H2,11,17)(H,13,14). The van der Waals surface area contributed by atoms with Crippen molar-refractivity contribution in [3.63, 3.8) is 0 Å². The molecule has 0 saturated carbocycles. The van der Waals surface area contributed by atoms with Crippen LogP contribution >= 0.6 is 0 Å². The first-order valence-electron chi connectivity index (χ1n) is 5.30. The molecule has 1 aliphatic rings. The van der Waals surface area contributed by atoms with Crippen LogP contribution < -0.4 is 11.1 Å². The van der Waals surface area contributed by atoms with E-state index in [0.717, 1.165) is 35.6 Å². The molecule has 3 rings (SSSR count). The molecule has 1 aliphatic heterocycles. The van der Waals surface area contributed by atoms with E-state index in [4.69, 9.17) is 5.73 Å². The Bertz CT molecular complexity index is 546. The average Bonchev–Trinajstić information content (AvgIpc) is 2.95. The lowest BCUT2D eigenvalue weighted by molar-refractivity contribution is 0.248. The number of fused-ring (bicyclic) bond motifs is 1. The molecule has 0 atom stereocenters. The van der Waals surface area contributed by atoms with Crippen molar-refractivity contribution < 1.29 is 4.79 Å². The van der Waals surface area contributed by atoms with Gasteiger partial charge >= 0.3 is 6.03 Å². The maximum atomic E-state index is 10.9. The highest BCUT2D eigenvalue weighted by Gasteiger charge is 2.16. The molecule has 1 amide bonds. The monoisotopic (exact) mass is 231 g/mol. The first kappa shape index (κ1) is 10.0. The summed E-state index contributed by atoms with van der Waals surface area (Å²) in [5.41, 5.74) is 7.71. The van der Waals surface area contributed by atoms with Gasteiger partial charge in [0.25, 0.3) is 0 Å². The van der Waals surface area contributed by atoms with Gasteiger partial charge in [-0.2, -0.15) is 9.78 Å². The third kappa shape index (κ3) is 1.70. The summed E-state index contributed by atoms with van der Waals surface area (Å²) in [7, 11) is 0. The average molecular weight is 231 g/mol. The van der Waals surface area contributed by atoms with Crippen LogP contribution in [0.1, 0.15) is 11.4 Å². The van der Waals surface area contributed by atoms with Gasteiger partial charge in [-0.1, -0.05) is 0 Å². The normalized spacial score (nSPS) is 14.6. The minimum atomic E-state index is -0.634. The summed E-state index contributed by atoms with van der Waals surface area (Å²) in [5.74, 6) is 0.624. The Hall–Kier alpha value is -2.15. The number of rotatable bonds is 1. The molecule has 0 bridgehead atoms. The van der Waals surface area contributed by atoms with Gasteiger partial charge in [-0.05, 0) is 0 Å². The number of hydrogen-bond acceptors (Lipinski definition) is 4. The number of aromatic nitrogens is 4. The quantitative estimate of drug-likeness (QED) is 0.624. The van der Waals surface area contributed by atoms with E-state index < -0.39 is 6.03 Å². The Labute approximate surface area is 97.0 Å². The number of H-pyrrole nitrogens is 1. The molecular weight excluding hydrogens is 220 g/mol. The summed E-state index contributed by atoms with van der Waals surface area (Å²) >= 11 is 0. The van der Waals surface area contributed by atoms with Gasteiger partial charge in [-0.15, -0.1) is 0 Å². The van der Waals surface area contributed by atoms with Crippen LogP contribution in [0.5, 0.6) is 0 Å². The fourth-order valence-corrected chi connectivity index (χ4v) is 1.85. The number of nitrogens with one attached hydrogen (secondary N) is 2. The van der Waals surface area contributed by atoms with Crippen LogP contribution in [0.15, 0.2) is 6.20 Å². The Kier molecular flexibility index (Phi) is 2.19. The van der Waals surface area contributed by atoms with Crippen LogP contribution in [0.25, 0.3) is 11.5 Å². The summed E-state index contributed by atoms with van der Waals surface area (Å²) in [5, 5.41) is 7.23. The van der Waals surface area contributed by atoms with Crippen LogP contribution in [0.4, 0.5) is 4.79 Å². The fourth-order valence-electron chi connectivity index (χ4n) is 1.85. The van der Waals surface area contributed by atoms with Gasteiger partial charge < -0.3 is 16.0 Å². The zero-order chi connectivity index (χ0) is 11.8. The predicted octanol–water partition coefficient (Wildman–Crippen LogP) is -0.354. The van der Waals surface area contributed by atoms with Crippen molar-refractivity contribution in [2.45, 2.75) is 13.0 Å². The molecule has 0 fully saturated rings. The molecule has 87 valence electrons. The molecule has 2 aromatic rings. The summed E-state index contributed by atoms with van der Waals surface area (Å²) in [6, 6.07) is 2.22. The van der Waals surface area contributed by atoms with Gasteiger partial charge in [-0.3, -0.25) is 0 Å². The van der Waals surface area contributed by atoms with Gasteiger partial charge in [0.2, 0.25) is 0 Å². The van der Waals surface area contributed by atoms with E-state index in [1.54, 1.807) is 0 Å². The molecule has 0 unspecified atom stereocenters. The SMILES string of the molecule is NC(=O)n1c[c]c(-c2nc3c([nH]2)CCNC3)n1. The third-order valence-electron chi connectivity index (χ3n) is 2.69. The summed E-state index contributed by atoms with van der Waals surface area (Å²) in [4.78, 5) is 18.5. The van der Waals surface area contributed by atoms with E-state index in [2.05, 4.69) is 26.4 Å². The Morgan fingerprint density at radius 2 is 2.47 bits per heavy atom. The number of nitrogens with zero attached hydrogens (tertiary/aromatic N) is 3. The number of nitrogens with two attached hydrogens (primary N) is 1. The number of imidazole rings is 1. The smallest absolute Gasteiger partial charge is 0.339 e. The van der Waals surface area contributed by atoms with Crippen molar-refractivity contribution in [1.82, 2.24) is 25.1 Å². The molecular formula is C10H11N6O. The van der Waals surface area contributed by atoms with Gasteiger partial charge in [0.15, 0.2) is 5.82 Å². The molecule has 2 aromatic heterocycles. The summed E-state index contributed by atoms with van der Waals surface area (Å²) in [6.07, 6.45) is 2.32. The van der Waals surface area contributed by atoms with Gasteiger partial charge in [0, 0.05) is 37.5 Å². The summed E-state index contributed by atoms with van der Waals surface area (Å²) < 4.78 is 1.04. The molecule has 0 aliphatic carbocycles. The highest BCUT2D eigenvalue weighted by molar-refractivity contribution is 5.74. The van der Waals surface area contributed by atoms with Crippen molar-refractivity contribution in [3.8, 4) is 11.5 Å². The maximum absolute atomic E-state index is 10.9. The number of aromatic amines is 1. The van der Waals surface area contributed by atoms with Crippen molar-refractivity contribution in [1.29, 1.82) is 0 Å². The van der Waals surface area contributed by atoms with E-state index in [-0.39, 0.29) is 0 Å². The lowest BCUT2D eigenvalue weighted by Gasteiger charge is -2.09. The molecule has 7 heteroatoms. The maximum Gasteiger partial charge on any atom is 0.339 e. The van der Waals surface area contributed by atoms with Crippen molar-refractivity contribution in [3.05, 3.63) is 23.7 Å². The first-order valence-corrected chi connectivity index (χ1v) is 5.30. The third-order valence-corrected chi connectivity index (χ3v) is 2.69. The highest BCUT2D eigenvalue weighted by atomic mass is 16.2. The van der Waals surface area contributed by atoms with Gasteiger partial charge in [-0.25, -0.2) is 9.78 Å². The number of amides is 1. The van der Waals surface area contributed by atoms with Crippen LogP contribution in [-0.4, -0.2) is 32.3 Å². The molecule has 3 heterocycles. The zero-order valence-corrected chi connectivity index (χ0v) is 9.03. The number of primary amides is 1. The Morgan fingerprint density at radius 3 is 3.18 bits per heavy atom. The molecule has 0 aromatic carbocycles. The topological polar surface area (TPSA) is 102 Å². The number of carbonyl (C=O) groups is 1. The van der Waals surface area contributed by atoms with Crippen molar-refractivity contribution >= 4 is 6.03 Å². The zero-order valence-electron chi connectivity index (χ0n) is 9.03. The first-order chi connectivity index (χ1) is 8.24. The van der Waals surface area contributed by atoms with E-state index >= 15 is 0 Å². The fraction of sp³-hybridized carbons (Fsp3) is 0.300. The van der Waals surface area contributed by atoms with Crippen LogP contribution in [0.3, 0.4) is 0 Å². The summed E-state index contributed by atoms with van der Waals surface area (Å²) in [6.45, 7) is 1.69. The van der Waals surface area contributed by atoms with Crippen molar-refractivity contribution in [2.24, 2.45) is 5.73 Å². The number of hydrogen-bond donors (Lipinski definition) is 3. The molecule has 0 spiro atoms. The second kappa shape index (κ2) is 3.70. The van der Waals surface area contributed by atoms with E-state index in [9.17, 15) is 4.79 Å². The number of carbonyl (C=O) groups excluding carboxylic acids is 1. The highest BCUT2D eigenvalue weighted by Crippen LogP contribution is 2.17. The predicted molar refractivity (Wildman–Crippen MR) is 59.0 cm³/mol. The molecule has 17 heavy (non-hydrogen) atoms. The van der Waals surface area contributed by atoms with Crippen LogP contribution in [0, 0.1) is 6.07 Å². The van der Waals surface area contributed by atoms with Gasteiger partial charge in [0.05, 0.1) is 5.69 Å². The van der Waals surface area contributed by atoms with E-state index in [0.29, 0.717) is 11.5 Å². The van der Waals surface area contributed by atoms with E-state index in [1.165, 1.54) is 6.20 Å². The minimum Gasteiger partial charge on any atom is -0.350 e. The van der Waals surface area contributed by atoms with Crippen LogP contribution in [-0.2, 0) is 13.0 Å². The lowest BCUT2D eigenvalue weighted by Crippen LogP contribution is -2.23. The molecule has 7 nitrogen and oxygen atoms in total. The Balaban J connectivity index is 1.97. The molecule has 1 radical (unpaired) electrons. The molecule has 4 N–H and O–H groups in total. The second-order valence-corrected chi connectivity index (χ2v) is 3.84. The minimum absolute atomic E-state index is 0.498.